The van der Waals surface area contributed by atoms with Crippen LogP contribution in [0.3, 0.4) is 0 Å². The summed E-state index contributed by atoms with van der Waals surface area (Å²) in [4.78, 5) is 11.9. The number of carbonyl (C=O) groups is 1. The number of esters is 1. The second-order valence-electron chi connectivity index (χ2n) is 6.37. The zero-order valence-electron chi connectivity index (χ0n) is 14.1. The first-order valence-corrected chi connectivity index (χ1v) is 7.75. The SMILES string of the molecule is COC(=O)C(C)(CCCOCCCC(C)C)NC(C)C. The van der Waals surface area contributed by atoms with Gasteiger partial charge in [-0.1, -0.05) is 13.8 Å². The zero-order chi connectivity index (χ0) is 15.6. The molecule has 0 aliphatic carbocycles. The lowest BCUT2D eigenvalue weighted by Gasteiger charge is -2.30. The molecule has 0 bridgehead atoms. The number of methoxy groups -OCH3 is 1. The van der Waals surface area contributed by atoms with Crippen molar-refractivity contribution in [3.8, 4) is 0 Å². The van der Waals surface area contributed by atoms with Gasteiger partial charge in [-0.2, -0.15) is 0 Å². The number of rotatable bonds is 11. The second-order valence-corrected chi connectivity index (χ2v) is 6.37. The highest BCUT2D eigenvalue weighted by Crippen LogP contribution is 2.16. The summed E-state index contributed by atoms with van der Waals surface area (Å²) in [6.07, 6.45) is 3.89. The molecule has 0 aromatic carbocycles. The van der Waals surface area contributed by atoms with Crippen LogP contribution >= 0.6 is 0 Å². The third-order valence-corrected chi connectivity index (χ3v) is 3.28. The molecule has 0 saturated heterocycles. The van der Waals surface area contributed by atoms with E-state index in [1.165, 1.54) is 13.5 Å². The molecule has 4 heteroatoms. The molecule has 120 valence electrons. The Bertz CT molecular complexity index is 266. The van der Waals surface area contributed by atoms with E-state index < -0.39 is 5.54 Å². The van der Waals surface area contributed by atoms with Crippen molar-refractivity contribution >= 4 is 5.97 Å². The Morgan fingerprint density at radius 1 is 1.15 bits per heavy atom. The van der Waals surface area contributed by atoms with Crippen molar-refractivity contribution in [2.45, 2.75) is 71.9 Å². The van der Waals surface area contributed by atoms with Gasteiger partial charge >= 0.3 is 5.97 Å². The van der Waals surface area contributed by atoms with Gasteiger partial charge in [-0.05, 0) is 52.4 Å². The maximum Gasteiger partial charge on any atom is 0.325 e. The molecule has 0 spiro atoms. The molecule has 0 heterocycles. The molecular formula is C16H33NO3. The van der Waals surface area contributed by atoms with E-state index in [0.717, 1.165) is 31.8 Å². The first-order valence-electron chi connectivity index (χ1n) is 7.75. The molecule has 0 aliphatic heterocycles. The number of hydrogen-bond donors (Lipinski definition) is 1. The lowest BCUT2D eigenvalue weighted by Crippen LogP contribution is -2.53. The monoisotopic (exact) mass is 287 g/mol. The highest BCUT2D eigenvalue weighted by Gasteiger charge is 2.33. The van der Waals surface area contributed by atoms with Crippen LogP contribution in [0.5, 0.6) is 0 Å². The normalized spacial score (nSPS) is 14.6. The van der Waals surface area contributed by atoms with Gasteiger partial charge < -0.3 is 9.47 Å². The third kappa shape index (κ3) is 8.54. The maximum absolute atomic E-state index is 11.9. The Morgan fingerprint density at radius 3 is 2.25 bits per heavy atom. The first-order chi connectivity index (χ1) is 9.31. The van der Waals surface area contributed by atoms with Crippen LogP contribution in [-0.2, 0) is 14.3 Å². The summed E-state index contributed by atoms with van der Waals surface area (Å²) < 4.78 is 10.5. The van der Waals surface area contributed by atoms with Crippen LogP contribution in [0.1, 0.15) is 60.3 Å². The standard InChI is InChI=1S/C16H33NO3/c1-13(2)9-7-11-20-12-8-10-16(5,15(18)19-6)17-14(3)4/h13-14,17H,7-12H2,1-6H3. The van der Waals surface area contributed by atoms with Gasteiger partial charge in [0.25, 0.3) is 0 Å². The fourth-order valence-electron chi connectivity index (χ4n) is 2.32. The van der Waals surface area contributed by atoms with Crippen molar-refractivity contribution < 1.29 is 14.3 Å². The Balaban J connectivity index is 3.94. The number of carbonyl (C=O) groups excluding carboxylic acids is 1. The van der Waals surface area contributed by atoms with Crippen molar-refractivity contribution in [3.63, 3.8) is 0 Å². The van der Waals surface area contributed by atoms with Crippen molar-refractivity contribution in [3.05, 3.63) is 0 Å². The summed E-state index contributed by atoms with van der Waals surface area (Å²) in [5, 5.41) is 3.29. The van der Waals surface area contributed by atoms with E-state index in [1.807, 2.05) is 20.8 Å². The summed E-state index contributed by atoms with van der Waals surface area (Å²) >= 11 is 0. The minimum absolute atomic E-state index is 0.203. The number of hydrogen-bond acceptors (Lipinski definition) is 4. The largest absolute Gasteiger partial charge is 0.468 e. The molecule has 0 radical (unpaired) electrons. The summed E-state index contributed by atoms with van der Waals surface area (Å²) in [6.45, 7) is 11.9. The fourth-order valence-corrected chi connectivity index (χ4v) is 2.32. The zero-order valence-corrected chi connectivity index (χ0v) is 14.1. The van der Waals surface area contributed by atoms with Crippen molar-refractivity contribution in [1.82, 2.24) is 5.32 Å². The van der Waals surface area contributed by atoms with Crippen LogP contribution in [-0.4, -0.2) is 37.9 Å². The molecule has 1 unspecified atom stereocenters. The second kappa shape index (κ2) is 10.2. The van der Waals surface area contributed by atoms with Crippen molar-refractivity contribution in [2.24, 2.45) is 5.92 Å². The van der Waals surface area contributed by atoms with Gasteiger partial charge in [-0.15, -0.1) is 0 Å². The van der Waals surface area contributed by atoms with E-state index in [4.69, 9.17) is 9.47 Å². The van der Waals surface area contributed by atoms with Crippen LogP contribution in [0, 0.1) is 5.92 Å². The van der Waals surface area contributed by atoms with Crippen molar-refractivity contribution in [2.75, 3.05) is 20.3 Å². The lowest BCUT2D eigenvalue weighted by atomic mass is 9.95. The van der Waals surface area contributed by atoms with Crippen LogP contribution in [0.2, 0.25) is 0 Å². The topological polar surface area (TPSA) is 47.6 Å². The van der Waals surface area contributed by atoms with Crippen LogP contribution < -0.4 is 5.32 Å². The summed E-state index contributed by atoms with van der Waals surface area (Å²) in [5.74, 6) is 0.530. The van der Waals surface area contributed by atoms with E-state index in [9.17, 15) is 4.79 Å². The summed E-state index contributed by atoms with van der Waals surface area (Å²) in [5.41, 5.74) is -0.621. The Morgan fingerprint density at radius 2 is 1.75 bits per heavy atom. The van der Waals surface area contributed by atoms with Crippen LogP contribution in [0.25, 0.3) is 0 Å². The maximum atomic E-state index is 11.9. The van der Waals surface area contributed by atoms with Crippen molar-refractivity contribution in [1.29, 1.82) is 0 Å². The molecule has 1 N–H and O–H groups in total. The van der Waals surface area contributed by atoms with Crippen LogP contribution in [0.4, 0.5) is 0 Å². The molecule has 0 aliphatic rings. The summed E-state index contributed by atoms with van der Waals surface area (Å²) in [6, 6.07) is 0.242. The van der Waals surface area contributed by atoms with E-state index in [-0.39, 0.29) is 12.0 Å². The van der Waals surface area contributed by atoms with Crippen LogP contribution in [0.15, 0.2) is 0 Å². The van der Waals surface area contributed by atoms with Gasteiger partial charge in [0.15, 0.2) is 0 Å². The number of ether oxygens (including phenoxy) is 2. The molecular weight excluding hydrogens is 254 g/mol. The minimum Gasteiger partial charge on any atom is -0.468 e. The lowest BCUT2D eigenvalue weighted by molar-refractivity contribution is -0.148. The molecule has 0 amide bonds. The Hall–Kier alpha value is -0.610. The smallest absolute Gasteiger partial charge is 0.325 e. The first kappa shape index (κ1) is 19.4. The average Bonchev–Trinajstić information content (AvgIpc) is 2.35. The van der Waals surface area contributed by atoms with Gasteiger partial charge in [0.05, 0.1) is 7.11 Å². The average molecular weight is 287 g/mol. The molecule has 0 aromatic heterocycles. The highest BCUT2D eigenvalue weighted by molar-refractivity contribution is 5.80. The molecule has 0 rings (SSSR count). The number of nitrogens with one attached hydrogen (secondary N) is 1. The molecule has 0 fully saturated rings. The molecule has 0 saturated carbocycles. The molecule has 4 nitrogen and oxygen atoms in total. The fraction of sp³-hybridized carbons (Fsp3) is 0.938. The Labute approximate surface area is 124 Å². The third-order valence-electron chi connectivity index (χ3n) is 3.28. The Kier molecular flexibility index (Phi) is 9.86. The van der Waals surface area contributed by atoms with E-state index in [1.54, 1.807) is 0 Å². The van der Waals surface area contributed by atoms with E-state index in [0.29, 0.717) is 6.61 Å². The highest BCUT2D eigenvalue weighted by atomic mass is 16.5. The van der Waals surface area contributed by atoms with Gasteiger partial charge in [-0.25, -0.2) is 0 Å². The van der Waals surface area contributed by atoms with Gasteiger partial charge in [0.1, 0.15) is 5.54 Å². The molecule has 0 aromatic rings. The summed E-state index contributed by atoms with van der Waals surface area (Å²) in [7, 11) is 1.44. The molecule has 1 atom stereocenters. The predicted molar refractivity (Wildman–Crippen MR) is 82.8 cm³/mol. The minimum atomic E-state index is -0.621. The van der Waals surface area contributed by atoms with E-state index >= 15 is 0 Å². The quantitative estimate of drug-likeness (QED) is 0.468. The predicted octanol–water partition coefficient (Wildman–Crippen LogP) is 3.15. The molecule has 20 heavy (non-hydrogen) atoms. The van der Waals surface area contributed by atoms with Gasteiger partial charge in [0, 0.05) is 19.3 Å². The van der Waals surface area contributed by atoms with Gasteiger partial charge in [0.2, 0.25) is 0 Å². The van der Waals surface area contributed by atoms with Gasteiger partial charge in [-0.3, -0.25) is 10.1 Å². The van der Waals surface area contributed by atoms with E-state index in [2.05, 4.69) is 19.2 Å².